The summed E-state index contributed by atoms with van der Waals surface area (Å²) in [6.45, 7) is 2.42. The lowest BCUT2D eigenvalue weighted by Crippen LogP contribution is -2.43. The molecule has 0 saturated carbocycles. The van der Waals surface area contributed by atoms with E-state index in [4.69, 9.17) is 0 Å². The van der Waals surface area contributed by atoms with Crippen molar-refractivity contribution in [2.45, 2.75) is 25.8 Å². The number of nitrogens with zero attached hydrogens (tertiary/aromatic N) is 1. The molecule has 1 saturated heterocycles. The molecule has 0 radical (unpaired) electrons. The average molecular weight is 227 g/mol. The van der Waals surface area contributed by atoms with Crippen LogP contribution in [0, 0.1) is 0 Å². The molecule has 0 aliphatic carbocycles. The molecule has 0 bridgehead atoms. The predicted octanol–water partition coefficient (Wildman–Crippen LogP) is -1.14. The van der Waals surface area contributed by atoms with Gasteiger partial charge in [0, 0.05) is 13.6 Å². The van der Waals surface area contributed by atoms with Crippen LogP contribution in [0.5, 0.6) is 0 Å². The van der Waals surface area contributed by atoms with E-state index in [9.17, 15) is 14.4 Å². The summed E-state index contributed by atoms with van der Waals surface area (Å²) in [4.78, 5) is 35.4. The Morgan fingerprint density at radius 2 is 2.19 bits per heavy atom. The highest BCUT2D eigenvalue weighted by atomic mass is 16.2. The summed E-state index contributed by atoms with van der Waals surface area (Å²) in [6, 6.07) is -0.545. The van der Waals surface area contributed by atoms with E-state index in [2.05, 4.69) is 10.6 Å². The largest absolute Gasteiger partial charge is 0.358 e. The van der Waals surface area contributed by atoms with Crippen molar-refractivity contribution in [3.8, 4) is 0 Å². The molecule has 1 rings (SSSR count). The van der Waals surface area contributed by atoms with Crippen molar-refractivity contribution in [3.63, 3.8) is 0 Å². The van der Waals surface area contributed by atoms with E-state index in [1.807, 2.05) is 6.92 Å². The SMILES string of the molecule is CCCN1C(=O)CC(NCC(=O)NC)C1=O. The first-order valence-electron chi connectivity index (χ1n) is 5.38. The fraction of sp³-hybridized carbons (Fsp3) is 0.700. The number of likely N-dealkylation sites (N-methyl/N-ethyl adjacent to an activating group) is 1. The molecule has 0 aromatic rings. The summed E-state index contributed by atoms with van der Waals surface area (Å²) in [7, 11) is 1.52. The molecule has 1 unspecified atom stereocenters. The highest BCUT2D eigenvalue weighted by Crippen LogP contribution is 2.12. The molecule has 0 aromatic carbocycles. The molecule has 16 heavy (non-hydrogen) atoms. The minimum atomic E-state index is -0.545. The summed E-state index contributed by atoms with van der Waals surface area (Å²) < 4.78 is 0. The third kappa shape index (κ3) is 2.79. The Hall–Kier alpha value is -1.43. The van der Waals surface area contributed by atoms with Gasteiger partial charge in [-0.25, -0.2) is 0 Å². The Balaban J connectivity index is 2.49. The number of carbonyl (C=O) groups excluding carboxylic acids is 3. The first-order chi connectivity index (χ1) is 7.60. The second-order valence-electron chi connectivity index (χ2n) is 3.69. The quantitative estimate of drug-likeness (QED) is 0.582. The van der Waals surface area contributed by atoms with Gasteiger partial charge in [-0.3, -0.25) is 24.6 Å². The molecule has 1 aliphatic heterocycles. The Labute approximate surface area is 94.4 Å². The maximum absolute atomic E-state index is 11.7. The van der Waals surface area contributed by atoms with Crippen molar-refractivity contribution in [2.75, 3.05) is 20.1 Å². The van der Waals surface area contributed by atoms with Crippen LogP contribution in [-0.2, 0) is 14.4 Å². The molecule has 6 nitrogen and oxygen atoms in total. The van der Waals surface area contributed by atoms with E-state index in [1.165, 1.54) is 11.9 Å². The smallest absolute Gasteiger partial charge is 0.246 e. The lowest BCUT2D eigenvalue weighted by molar-refractivity contribution is -0.138. The van der Waals surface area contributed by atoms with Gasteiger partial charge in [0.15, 0.2) is 0 Å². The van der Waals surface area contributed by atoms with Crippen molar-refractivity contribution in [1.82, 2.24) is 15.5 Å². The maximum Gasteiger partial charge on any atom is 0.246 e. The van der Waals surface area contributed by atoms with E-state index in [1.54, 1.807) is 0 Å². The van der Waals surface area contributed by atoms with Crippen LogP contribution in [0.4, 0.5) is 0 Å². The monoisotopic (exact) mass is 227 g/mol. The van der Waals surface area contributed by atoms with Crippen molar-refractivity contribution in [1.29, 1.82) is 0 Å². The molecule has 1 fully saturated rings. The zero-order valence-electron chi connectivity index (χ0n) is 9.58. The standard InChI is InChI=1S/C10H17N3O3/c1-3-4-13-9(15)5-7(10(13)16)12-6-8(14)11-2/h7,12H,3-6H2,1-2H3,(H,11,14). The fourth-order valence-electron chi connectivity index (χ4n) is 1.61. The van der Waals surface area contributed by atoms with Crippen LogP contribution < -0.4 is 10.6 Å². The van der Waals surface area contributed by atoms with Gasteiger partial charge < -0.3 is 5.32 Å². The summed E-state index contributed by atoms with van der Waals surface area (Å²) in [5, 5.41) is 5.22. The number of carbonyl (C=O) groups is 3. The van der Waals surface area contributed by atoms with Gasteiger partial charge in [0.2, 0.25) is 17.7 Å². The first-order valence-corrected chi connectivity index (χ1v) is 5.38. The molecule has 0 aromatic heterocycles. The number of likely N-dealkylation sites (tertiary alicyclic amines) is 1. The molecular weight excluding hydrogens is 210 g/mol. The second kappa shape index (κ2) is 5.60. The van der Waals surface area contributed by atoms with Crippen LogP contribution in [-0.4, -0.2) is 48.8 Å². The molecular formula is C10H17N3O3. The Morgan fingerprint density at radius 3 is 2.75 bits per heavy atom. The molecule has 2 N–H and O–H groups in total. The van der Waals surface area contributed by atoms with Gasteiger partial charge in [0.05, 0.1) is 19.0 Å². The number of amides is 3. The lowest BCUT2D eigenvalue weighted by atomic mass is 10.2. The van der Waals surface area contributed by atoms with Gasteiger partial charge in [0.25, 0.3) is 0 Å². The third-order valence-corrected chi connectivity index (χ3v) is 2.48. The number of imide groups is 1. The van der Waals surface area contributed by atoms with Crippen molar-refractivity contribution < 1.29 is 14.4 Å². The zero-order valence-corrected chi connectivity index (χ0v) is 9.58. The van der Waals surface area contributed by atoms with Gasteiger partial charge in [-0.1, -0.05) is 6.92 Å². The van der Waals surface area contributed by atoms with Crippen molar-refractivity contribution in [2.24, 2.45) is 0 Å². The van der Waals surface area contributed by atoms with Crippen LogP contribution >= 0.6 is 0 Å². The Morgan fingerprint density at radius 1 is 1.50 bits per heavy atom. The highest BCUT2D eigenvalue weighted by molar-refractivity contribution is 6.05. The van der Waals surface area contributed by atoms with Crippen LogP contribution in [0.1, 0.15) is 19.8 Å². The van der Waals surface area contributed by atoms with Crippen LogP contribution in [0.3, 0.4) is 0 Å². The summed E-state index contributed by atoms with van der Waals surface area (Å²) in [5.74, 6) is -0.591. The van der Waals surface area contributed by atoms with Gasteiger partial charge in [-0.05, 0) is 6.42 Å². The second-order valence-corrected chi connectivity index (χ2v) is 3.69. The van der Waals surface area contributed by atoms with E-state index < -0.39 is 6.04 Å². The summed E-state index contributed by atoms with van der Waals surface area (Å²) in [6.07, 6.45) is 0.898. The van der Waals surface area contributed by atoms with Gasteiger partial charge in [0.1, 0.15) is 0 Å². The van der Waals surface area contributed by atoms with E-state index >= 15 is 0 Å². The first kappa shape index (κ1) is 12.6. The topological polar surface area (TPSA) is 78.5 Å². The van der Waals surface area contributed by atoms with Crippen LogP contribution in [0.25, 0.3) is 0 Å². The number of hydrogen-bond donors (Lipinski definition) is 2. The maximum atomic E-state index is 11.7. The third-order valence-electron chi connectivity index (χ3n) is 2.48. The number of rotatable bonds is 5. The van der Waals surface area contributed by atoms with E-state index in [0.29, 0.717) is 6.54 Å². The Bertz CT molecular complexity index is 304. The van der Waals surface area contributed by atoms with Gasteiger partial charge in [-0.2, -0.15) is 0 Å². The van der Waals surface area contributed by atoms with Crippen molar-refractivity contribution >= 4 is 17.7 Å². The summed E-state index contributed by atoms with van der Waals surface area (Å²) >= 11 is 0. The molecule has 6 heteroatoms. The van der Waals surface area contributed by atoms with E-state index in [0.717, 1.165) is 6.42 Å². The van der Waals surface area contributed by atoms with E-state index in [-0.39, 0.29) is 30.7 Å². The lowest BCUT2D eigenvalue weighted by Gasteiger charge is -2.13. The van der Waals surface area contributed by atoms with Gasteiger partial charge in [-0.15, -0.1) is 0 Å². The number of hydrogen-bond acceptors (Lipinski definition) is 4. The normalized spacial score (nSPS) is 20.4. The highest BCUT2D eigenvalue weighted by Gasteiger charge is 2.37. The molecule has 0 spiro atoms. The zero-order chi connectivity index (χ0) is 12.1. The molecule has 1 heterocycles. The summed E-state index contributed by atoms with van der Waals surface area (Å²) in [5.41, 5.74) is 0. The minimum Gasteiger partial charge on any atom is -0.358 e. The van der Waals surface area contributed by atoms with Crippen LogP contribution in [0.15, 0.2) is 0 Å². The minimum absolute atomic E-state index is 0.0557. The predicted molar refractivity (Wildman–Crippen MR) is 57.5 cm³/mol. The number of nitrogens with one attached hydrogen (secondary N) is 2. The fourth-order valence-corrected chi connectivity index (χ4v) is 1.61. The van der Waals surface area contributed by atoms with Crippen LogP contribution in [0.2, 0.25) is 0 Å². The Kier molecular flexibility index (Phi) is 4.42. The molecule has 3 amide bonds. The van der Waals surface area contributed by atoms with Gasteiger partial charge >= 0.3 is 0 Å². The molecule has 1 aliphatic rings. The molecule has 1 atom stereocenters. The molecule has 90 valence electrons. The average Bonchev–Trinajstić information content (AvgIpc) is 2.54. The van der Waals surface area contributed by atoms with Crippen molar-refractivity contribution in [3.05, 3.63) is 0 Å².